The fraction of sp³-hybridized carbons (Fsp3) is 0.0968. The summed E-state index contributed by atoms with van der Waals surface area (Å²) in [5, 5.41) is 5.63. The maximum Gasteiger partial charge on any atom is 0.258 e. The monoisotopic (exact) mass is 457 g/mol. The number of hydrogen-bond acceptors (Lipinski definition) is 3. The third kappa shape index (κ3) is 5.22. The summed E-state index contributed by atoms with van der Waals surface area (Å²) < 4.78 is 0. The molecule has 0 aliphatic heterocycles. The van der Waals surface area contributed by atoms with Gasteiger partial charge in [-0.25, -0.2) is 4.98 Å². The lowest BCUT2D eigenvalue weighted by molar-refractivity contribution is 0.0985. The summed E-state index contributed by atoms with van der Waals surface area (Å²) in [5.41, 5.74) is 3.69. The molecule has 0 fully saturated rings. The molecule has 0 saturated heterocycles. The van der Waals surface area contributed by atoms with Crippen LogP contribution in [0.1, 0.15) is 34.5 Å². The number of carbonyl (C=O) groups is 1. The molecule has 1 atom stereocenters. The van der Waals surface area contributed by atoms with Gasteiger partial charge in [0.1, 0.15) is 5.82 Å². The second-order valence-electron chi connectivity index (χ2n) is 8.61. The third-order valence-corrected chi connectivity index (χ3v) is 6.14. The number of aromatic nitrogens is 1. The molecule has 0 aliphatic rings. The van der Waals surface area contributed by atoms with Crippen molar-refractivity contribution in [3.05, 3.63) is 138 Å². The Balaban J connectivity index is 1.48. The average Bonchev–Trinajstić information content (AvgIpc) is 2.92. The highest BCUT2D eigenvalue weighted by Crippen LogP contribution is 2.26. The van der Waals surface area contributed by atoms with Crippen LogP contribution < -0.4 is 10.2 Å². The number of fused-ring (bicyclic) bond motifs is 1. The molecule has 1 amide bonds. The topological polar surface area (TPSA) is 45.2 Å². The third-order valence-electron chi connectivity index (χ3n) is 6.14. The molecule has 4 nitrogen and oxygen atoms in total. The fourth-order valence-corrected chi connectivity index (χ4v) is 4.24. The van der Waals surface area contributed by atoms with Gasteiger partial charge in [-0.05, 0) is 47.0 Å². The summed E-state index contributed by atoms with van der Waals surface area (Å²) in [4.78, 5) is 20.2. The summed E-state index contributed by atoms with van der Waals surface area (Å²) in [6, 6.07) is 38.2. The molecule has 5 aromatic rings. The molecule has 4 heteroatoms. The van der Waals surface area contributed by atoms with Gasteiger partial charge >= 0.3 is 0 Å². The Morgan fingerprint density at radius 2 is 1.49 bits per heavy atom. The van der Waals surface area contributed by atoms with Crippen molar-refractivity contribution in [3.8, 4) is 0 Å². The van der Waals surface area contributed by atoms with Gasteiger partial charge in [-0.1, -0.05) is 91.0 Å². The lowest BCUT2D eigenvalue weighted by Crippen LogP contribution is -2.30. The van der Waals surface area contributed by atoms with Gasteiger partial charge in [0.05, 0.1) is 6.54 Å². The highest BCUT2D eigenvalue weighted by atomic mass is 16.2. The molecule has 0 bridgehead atoms. The van der Waals surface area contributed by atoms with Gasteiger partial charge in [-0.15, -0.1) is 0 Å². The standard InChI is InChI=1S/C31H27N3O/c1-23(25-12-6-3-7-13-25)33-30-21-29(18-19-32-30)34(22-24-10-4-2-5-11-24)31(35)28-17-16-26-14-8-9-15-27(26)20-28/h2-21,23H,22H2,1H3,(H,32,33)/t23-/m0/s1. The molecular formula is C31H27N3O. The number of carbonyl (C=O) groups excluding carboxylic acids is 1. The number of rotatable bonds is 7. The molecule has 172 valence electrons. The number of benzene rings is 4. The predicted molar refractivity (Wildman–Crippen MR) is 144 cm³/mol. The first-order chi connectivity index (χ1) is 17.2. The van der Waals surface area contributed by atoms with Gasteiger partial charge < -0.3 is 10.2 Å². The zero-order chi connectivity index (χ0) is 24.0. The highest BCUT2D eigenvalue weighted by molar-refractivity contribution is 6.08. The van der Waals surface area contributed by atoms with E-state index in [1.54, 1.807) is 6.20 Å². The Morgan fingerprint density at radius 1 is 0.800 bits per heavy atom. The predicted octanol–water partition coefficient (Wildman–Crippen LogP) is 7.25. The minimum Gasteiger partial charge on any atom is -0.363 e. The number of nitrogens with one attached hydrogen (secondary N) is 1. The minimum atomic E-state index is -0.0483. The molecule has 5 rings (SSSR count). The van der Waals surface area contributed by atoms with E-state index in [9.17, 15) is 4.79 Å². The summed E-state index contributed by atoms with van der Waals surface area (Å²) in [6.45, 7) is 2.57. The van der Waals surface area contributed by atoms with E-state index in [1.807, 2.05) is 102 Å². The number of pyridine rings is 1. The minimum absolute atomic E-state index is 0.0483. The van der Waals surface area contributed by atoms with Crippen LogP contribution in [0, 0.1) is 0 Å². The molecule has 4 aromatic carbocycles. The van der Waals surface area contributed by atoms with Gasteiger partial charge in [-0.2, -0.15) is 0 Å². The van der Waals surface area contributed by atoms with E-state index in [0.29, 0.717) is 12.1 Å². The average molecular weight is 458 g/mol. The van der Waals surface area contributed by atoms with Gasteiger partial charge in [0.15, 0.2) is 0 Å². The molecule has 0 radical (unpaired) electrons. The molecule has 1 heterocycles. The SMILES string of the molecule is C[C@H](Nc1cc(N(Cc2ccccc2)C(=O)c2ccc3ccccc3c2)ccn1)c1ccccc1. The first kappa shape index (κ1) is 22.4. The van der Waals surface area contributed by atoms with E-state index >= 15 is 0 Å². The van der Waals surface area contributed by atoms with E-state index in [1.165, 1.54) is 5.56 Å². The number of nitrogens with zero attached hydrogens (tertiary/aromatic N) is 2. The molecule has 1 N–H and O–H groups in total. The first-order valence-corrected chi connectivity index (χ1v) is 11.8. The van der Waals surface area contributed by atoms with Crippen LogP contribution in [0.3, 0.4) is 0 Å². The lowest BCUT2D eigenvalue weighted by Gasteiger charge is -2.24. The van der Waals surface area contributed by atoms with Crippen LogP contribution in [-0.4, -0.2) is 10.9 Å². The van der Waals surface area contributed by atoms with Gasteiger partial charge in [-0.3, -0.25) is 4.79 Å². The zero-order valence-corrected chi connectivity index (χ0v) is 19.6. The molecule has 0 spiro atoms. The summed E-state index contributed by atoms with van der Waals surface area (Å²) >= 11 is 0. The van der Waals surface area contributed by atoms with Gasteiger partial charge in [0, 0.05) is 29.6 Å². The maximum atomic E-state index is 13.8. The normalized spacial score (nSPS) is 11.7. The van der Waals surface area contributed by atoms with Crippen LogP contribution in [0.4, 0.5) is 11.5 Å². The van der Waals surface area contributed by atoms with Crippen LogP contribution in [0.5, 0.6) is 0 Å². The highest BCUT2D eigenvalue weighted by Gasteiger charge is 2.20. The van der Waals surface area contributed by atoms with E-state index in [-0.39, 0.29) is 11.9 Å². The summed E-state index contributed by atoms with van der Waals surface area (Å²) in [7, 11) is 0. The number of hydrogen-bond donors (Lipinski definition) is 1. The summed E-state index contributed by atoms with van der Waals surface area (Å²) in [6.07, 6.45) is 1.75. The lowest BCUT2D eigenvalue weighted by atomic mass is 10.1. The van der Waals surface area contributed by atoms with Crippen LogP contribution in [0.15, 0.2) is 121 Å². The molecule has 1 aromatic heterocycles. The second-order valence-corrected chi connectivity index (χ2v) is 8.61. The Labute approximate surface area is 205 Å². The summed E-state index contributed by atoms with van der Waals surface area (Å²) in [5.74, 6) is 0.677. The van der Waals surface area contributed by atoms with Crippen LogP contribution in [0.25, 0.3) is 10.8 Å². The fourth-order valence-electron chi connectivity index (χ4n) is 4.24. The zero-order valence-electron chi connectivity index (χ0n) is 19.6. The van der Waals surface area contributed by atoms with Crippen molar-refractivity contribution in [2.45, 2.75) is 19.5 Å². The second kappa shape index (κ2) is 10.2. The van der Waals surface area contributed by atoms with E-state index in [4.69, 9.17) is 0 Å². The Bertz CT molecular complexity index is 1430. The molecule has 0 aliphatic carbocycles. The number of amides is 1. The van der Waals surface area contributed by atoms with E-state index in [2.05, 4.69) is 35.4 Å². The van der Waals surface area contributed by atoms with Crippen molar-refractivity contribution in [2.24, 2.45) is 0 Å². The number of anilines is 2. The van der Waals surface area contributed by atoms with Crippen LogP contribution in [0.2, 0.25) is 0 Å². The Hall–Kier alpha value is -4.44. The smallest absolute Gasteiger partial charge is 0.258 e. The van der Waals surface area contributed by atoms with Crippen molar-refractivity contribution in [1.82, 2.24) is 4.98 Å². The van der Waals surface area contributed by atoms with E-state index in [0.717, 1.165) is 27.8 Å². The Kier molecular flexibility index (Phi) is 6.53. The van der Waals surface area contributed by atoms with Crippen molar-refractivity contribution in [3.63, 3.8) is 0 Å². The van der Waals surface area contributed by atoms with Crippen molar-refractivity contribution < 1.29 is 4.79 Å². The molecule has 0 unspecified atom stereocenters. The maximum absolute atomic E-state index is 13.8. The first-order valence-electron chi connectivity index (χ1n) is 11.8. The van der Waals surface area contributed by atoms with Crippen LogP contribution in [-0.2, 0) is 6.54 Å². The Morgan fingerprint density at radius 3 is 2.26 bits per heavy atom. The molecule has 0 saturated carbocycles. The van der Waals surface area contributed by atoms with Crippen molar-refractivity contribution in [2.75, 3.05) is 10.2 Å². The van der Waals surface area contributed by atoms with Crippen molar-refractivity contribution in [1.29, 1.82) is 0 Å². The quantitative estimate of drug-likeness (QED) is 0.280. The molecular weight excluding hydrogens is 430 g/mol. The van der Waals surface area contributed by atoms with E-state index < -0.39 is 0 Å². The van der Waals surface area contributed by atoms with Gasteiger partial charge in [0.2, 0.25) is 0 Å². The molecule has 35 heavy (non-hydrogen) atoms. The van der Waals surface area contributed by atoms with Crippen LogP contribution >= 0.6 is 0 Å². The van der Waals surface area contributed by atoms with Gasteiger partial charge in [0.25, 0.3) is 5.91 Å². The largest absolute Gasteiger partial charge is 0.363 e. The van der Waals surface area contributed by atoms with Crippen molar-refractivity contribution >= 4 is 28.2 Å².